The fourth-order valence-electron chi connectivity index (χ4n) is 3.27. The minimum Gasteiger partial charge on any atom is -0.487 e. The average Bonchev–Trinajstić information content (AvgIpc) is 3.29. The van der Waals surface area contributed by atoms with Gasteiger partial charge in [0, 0.05) is 42.3 Å². The first-order valence-corrected chi connectivity index (χ1v) is 10.8. The second-order valence-electron chi connectivity index (χ2n) is 7.18. The number of methoxy groups -OCH3 is 2. The first-order valence-electron chi connectivity index (χ1n) is 10.4. The number of hydrogen-bond acceptors (Lipinski definition) is 8. The van der Waals surface area contributed by atoms with Crippen molar-refractivity contribution in [1.29, 1.82) is 0 Å². The Bertz CT molecular complexity index is 1200. The molecule has 0 aliphatic heterocycles. The van der Waals surface area contributed by atoms with Crippen LogP contribution in [0.3, 0.4) is 0 Å². The lowest BCUT2D eigenvalue weighted by Gasteiger charge is -2.14. The molecule has 0 saturated carbocycles. The van der Waals surface area contributed by atoms with Crippen molar-refractivity contribution in [2.45, 2.75) is 6.42 Å². The zero-order chi connectivity index (χ0) is 23.0. The van der Waals surface area contributed by atoms with Crippen LogP contribution in [-0.4, -0.2) is 55.8 Å². The molecule has 8 nitrogen and oxygen atoms in total. The maximum atomic E-state index is 5.98. The summed E-state index contributed by atoms with van der Waals surface area (Å²) in [5, 5.41) is 5.70. The van der Waals surface area contributed by atoms with E-state index in [0.29, 0.717) is 55.1 Å². The van der Waals surface area contributed by atoms with Crippen molar-refractivity contribution in [3.8, 4) is 22.8 Å². The standard InChI is InChI=1S/C24H24ClN3O5/c1-29-7-9-31-23-13-19-21(26-15-27-22(19)14-24(23)32-10-8-30-2)12-18-11-20(28-33-18)16-3-5-17(25)6-4-16/h3-6,11,13-15H,7-10,12H2,1-2H3. The monoisotopic (exact) mass is 469 g/mol. The Kier molecular flexibility index (Phi) is 7.72. The number of fused-ring (bicyclic) bond motifs is 1. The highest BCUT2D eigenvalue weighted by atomic mass is 35.5. The molecule has 0 fully saturated rings. The van der Waals surface area contributed by atoms with Crippen LogP contribution in [-0.2, 0) is 15.9 Å². The summed E-state index contributed by atoms with van der Waals surface area (Å²) in [6, 6.07) is 13.1. The second kappa shape index (κ2) is 11.1. The van der Waals surface area contributed by atoms with E-state index in [9.17, 15) is 0 Å². The zero-order valence-corrected chi connectivity index (χ0v) is 19.2. The van der Waals surface area contributed by atoms with Crippen LogP contribution in [0.25, 0.3) is 22.2 Å². The highest BCUT2D eigenvalue weighted by Gasteiger charge is 2.15. The molecule has 0 unspecified atom stereocenters. The SMILES string of the molecule is COCCOc1cc2ncnc(Cc3cc(-c4ccc(Cl)cc4)no3)c2cc1OCCOC. The summed E-state index contributed by atoms with van der Waals surface area (Å²) in [4.78, 5) is 8.89. The van der Waals surface area contributed by atoms with Gasteiger partial charge in [-0.2, -0.15) is 0 Å². The van der Waals surface area contributed by atoms with Crippen molar-refractivity contribution < 1.29 is 23.5 Å². The normalized spacial score (nSPS) is 11.1. The van der Waals surface area contributed by atoms with Gasteiger partial charge in [0.05, 0.1) is 30.8 Å². The third-order valence-electron chi connectivity index (χ3n) is 4.91. The molecule has 0 radical (unpaired) electrons. The van der Waals surface area contributed by atoms with Gasteiger partial charge < -0.3 is 23.5 Å². The van der Waals surface area contributed by atoms with E-state index in [-0.39, 0.29) is 0 Å². The summed E-state index contributed by atoms with van der Waals surface area (Å²) >= 11 is 5.98. The Morgan fingerprint density at radius 2 is 1.55 bits per heavy atom. The summed E-state index contributed by atoms with van der Waals surface area (Å²) < 4.78 is 27.5. The molecule has 9 heteroatoms. The third kappa shape index (κ3) is 5.78. The van der Waals surface area contributed by atoms with E-state index in [1.807, 2.05) is 42.5 Å². The van der Waals surface area contributed by atoms with Crippen molar-refractivity contribution in [1.82, 2.24) is 15.1 Å². The molecule has 0 amide bonds. The topological polar surface area (TPSA) is 88.7 Å². The lowest BCUT2D eigenvalue weighted by Crippen LogP contribution is -2.09. The Morgan fingerprint density at radius 3 is 2.24 bits per heavy atom. The number of halogens is 1. The predicted octanol–water partition coefficient (Wildman–Crippen LogP) is 4.58. The van der Waals surface area contributed by atoms with Crippen LogP contribution in [0.15, 0.2) is 53.3 Å². The van der Waals surface area contributed by atoms with Gasteiger partial charge in [-0.15, -0.1) is 0 Å². The maximum absolute atomic E-state index is 5.98. The van der Waals surface area contributed by atoms with Gasteiger partial charge in [-0.25, -0.2) is 9.97 Å². The molecular formula is C24H24ClN3O5. The second-order valence-corrected chi connectivity index (χ2v) is 7.62. The fraction of sp³-hybridized carbons (Fsp3) is 0.292. The molecule has 4 aromatic rings. The van der Waals surface area contributed by atoms with Gasteiger partial charge in [-0.1, -0.05) is 28.9 Å². The van der Waals surface area contributed by atoms with Crippen LogP contribution in [0.1, 0.15) is 11.5 Å². The quantitative estimate of drug-likeness (QED) is 0.295. The molecule has 0 aliphatic carbocycles. The predicted molar refractivity (Wildman–Crippen MR) is 124 cm³/mol. The van der Waals surface area contributed by atoms with Gasteiger partial charge >= 0.3 is 0 Å². The Balaban J connectivity index is 1.62. The van der Waals surface area contributed by atoms with Crippen LogP contribution in [0.4, 0.5) is 0 Å². The third-order valence-corrected chi connectivity index (χ3v) is 5.17. The minimum atomic E-state index is 0.387. The fourth-order valence-corrected chi connectivity index (χ4v) is 3.40. The maximum Gasteiger partial charge on any atom is 0.163 e. The molecule has 0 atom stereocenters. The van der Waals surface area contributed by atoms with Crippen LogP contribution >= 0.6 is 11.6 Å². The molecule has 0 aliphatic rings. The summed E-state index contributed by atoms with van der Waals surface area (Å²) in [5.74, 6) is 1.86. The van der Waals surface area contributed by atoms with Gasteiger partial charge in [0.2, 0.25) is 0 Å². The van der Waals surface area contributed by atoms with Crippen LogP contribution in [0.5, 0.6) is 11.5 Å². The highest BCUT2D eigenvalue weighted by molar-refractivity contribution is 6.30. The van der Waals surface area contributed by atoms with Gasteiger partial charge in [-0.3, -0.25) is 0 Å². The Labute approximate surface area is 196 Å². The minimum absolute atomic E-state index is 0.387. The van der Waals surface area contributed by atoms with Gasteiger partial charge in [-0.05, 0) is 18.2 Å². The van der Waals surface area contributed by atoms with Crippen molar-refractivity contribution in [3.05, 3.63) is 65.3 Å². The first-order chi connectivity index (χ1) is 16.2. The Morgan fingerprint density at radius 1 is 0.848 bits per heavy atom. The van der Waals surface area contributed by atoms with E-state index < -0.39 is 0 Å². The van der Waals surface area contributed by atoms with Crippen molar-refractivity contribution >= 4 is 22.5 Å². The molecule has 0 bridgehead atoms. The number of nitrogens with zero attached hydrogens (tertiary/aromatic N) is 3. The van der Waals surface area contributed by atoms with Crippen LogP contribution < -0.4 is 9.47 Å². The highest BCUT2D eigenvalue weighted by Crippen LogP contribution is 2.33. The van der Waals surface area contributed by atoms with Crippen molar-refractivity contribution in [2.75, 3.05) is 40.6 Å². The molecule has 0 spiro atoms. The summed E-state index contributed by atoms with van der Waals surface area (Å²) in [6.45, 7) is 1.70. The molecule has 2 aromatic heterocycles. The molecule has 2 heterocycles. The molecule has 4 rings (SSSR count). The molecule has 0 saturated heterocycles. The lowest BCUT2D eigenvalue weighted by atomic mass is 10.1. The van der Waals surface area contributed by atoms with Crippen molar-refractivity contribution in [3.63, 3.8) is 0 Å². The Hall–Kier alpha value is -3.20. The van der Waals surface area contributed by atoms with E-state index in [2.05, 4.69) is 15.1 Å². The van der Waals surface area contributed by atoms with Gasteiger partial charge in [0.25, 0.3) is 0 Å². The molecule has 2 aromatic carbocycles. The van der Waals surface area contributed by atoms with Gasteiger partial charge in [0.15, 0.2) is 11.5 Å². The average molecular weight is 470 g/mol. The van der Waals surface area contributed by atoms with Crippen molar-refractivity contribution in [2.24, 2.45) is 0 Å². The van der Waals surface area contributed by atoms with E-state index in [0.717, 1.165) is 27.9 Å². The van der Waals surface area contributed by atoms with Gasteiger partial charge in [0.1, 0.15) is 31.0 Å². The smallest absolute Gasteiger partial charge is 0.163 e. The summed E-state index contributed by atoms with van der Waals surface area (Å²) in [7, 11) is 3.25. The number of rotatable bonds is 11. The number of benzene rings is 2. The first kappa shape index (κ1) is 23.0. The van der Waals surface area contributed by atoms with Crippen LogP contribution in [0.2, 0.25) is 5.02 Å². The van der Waals surface area contributed by atoms with E-state index in [1.54, 1.807) is 14.2 Å². The number of aromatic nitrogens is 3. The number of hydrogen-bond donors (Lipinski definition) is 0. The lowest BCUT2D eigenvalue weighted by molar-refractivity contribution is 0.132. The molecule has 33 heavy (non-hydrogen) atoms. The van der Waals surface area contributed by atoms with E-state index in [4.69, 9.17) is 35.1 Å². The van der Waals surface area contributed by atoms with E-state index in [1.165, 1.54) is 6.33 Å². The summed E-state index contributed by atoms with van der Waals surface area (Å²) in [5.41, 5.74) is 3.19. The van der Waals surface area contributed by atoms with Crippen LogP contribution in [0, 0.1) is 0 Å². The van der Waals surface area contributed by atoms with E-state index >= 15 is 0 Å². The molecule has 0 N–H and O–H groups in total. The number of ether oxygens (including phenoxy) is 4. The molecule has 172 valence electrons. The molecular weight excluding hydrogens is 446 g/mol. The largest absolute Gasteiger partial charge is 0.487 e. The zero-order valence-electron chi connectivity index (χ0n) is 18.4. The summed E-state index contributed by atoms with van der Waals surface area (Å²) in [6.07, 6.45) is 1.97.